The summed E-state index contributed by atoms with van der Waals surface area (Å²) in [4.78, 5) is 0. The van der Waals surface area contributed by atoms with Gasteiger partial charge in [-0.3, -0.25) is 0 Å². The van der Waals surface area contributed by atoms with Crippen molar-refractivity contribution < 1.29 is 22.2 Å². The third kappa shape index (κ3) is 4.33. The van der Waals surface area contributed by atoms with Gasteiger partial charge in [0.25, 0.3) is 0 Å². The van der Waals surface area contributed by atoms with E-state index >= 15 is 0 Å². The molecule has 0 saturated heterocycles. The van der Waals surface area contributed by atoms with Gasteiger partial charge in [0.05, 0.1) is 17.8 Å². The van der Waals surface area contributed by atoms with E-state index in [1.807, 2.05) is 54.6 Å². The summed E-state index contributed by atoms with van der Waals surface area (Å²) in [5.41, 5.74) is 2.02. The Hall–Kier alpha value is -6.44. The monoisotopic (exact) mass is 635 g/mol. The van der Waals surface area contributed by atoms with Gasteiger partial charge in [-0.05, 0) is 77.5 Å². The van der Waals surface area contributed by atoms with E-state index in [1.54, 1.807) is 48.5 Å². The minimum atomic E-state index is -0.544. The van der Waals surface area contributed by atoms with Crippen LogP contribution in [-0.2, 0) is 0 Å². The van der Waals surface area contributed by atoms with Gasteiger partial charge in [0.1, 0.15) is 11.3 Å². The predicted octanol–water partition coefficient (Wildman–Crippen LogP) is 13.7. The van der Waals surface area contributed by atoms with E-state index in [4.69, 9.17) is 16.8 Å². The summed E-state index contributed by atoms with van der Waals surface area (Å²) in [5, 5.41) is 4.09. The lowest BCUT2D eigenvalue weighted by Crippen LogP contribution is -1.92. The predicted molar refractivity (Wildman–Crippen MR) is 208 cm³/mol. The molecule has 10 aromatic rings. The molecule has 0 bridgehead atoms. The molecular weight excluding hydrogens is 593 g/mol. The normalized spacial score (nSPS) is 15.4. The van der Waals surface area contributed by atoms with E-state index in [0.717, 1.165) is 21.5 Å². The first-order valence-electron chi connectivity index (χ1n) is 22.3. The van der Waals surface area contributed by atoms with Crippen molar-refractivity contribution in [2.75, 3.05) is 0 Å². The zero-order valence-electron chi connectivity index (χ0n) is 38.7. The van der Waals surface area contributed by atoms with Crippen LogP contribution in [0.1, 0.15) is 17.8 Å². The first kappa shape index (κ1) is 17.6. The van der Waals surface area contributed by atoms with Crippen molar-refractivity contribution in [2.24, 2.45) is 0 Å². The van der Waals surface area contributed by atoms with Gasteiger partial charge >= 0.3 is 0 Å². The van der Waals surface area contributed by atoms with Crippen molar-refractivity contribution in [3.05, 3.63) is 182 Å². The van der Waals surface area contributed by atoms with Crippen molar-refractivity contribution in [2.45, 2.75) is 0 Å². The quantitative estimate of drug-likeness (QED) is 0.139. The second kappa shape index (κ2) is 11.1. The molecule has 1 heterocycles. The summed E-state index contributed by atoms with van der Waals surface area (Å²) in [5.74, 6) is 0.217. The molecule has 0 saturated carbocycles. The highest BCUT2D eigenvalue weighted by Crippen LogP contribution is 2.51. The Morgan fingerprint density at radius 2 is 1.00 bits per heavy atom. The minimum absolute atomic E-state index is 0.0108. The van der Waals surface area contributed by atoms with Crippen LogP contribution in [0.2, 0.25) is 0 Å². The van der Waals surface area contributed by atoms with Gasteiger partial charge in [-0.2, -0.15) is 0 Å². The molecule has 0 aliphatic rings. The van der Waals surface area contributed by atoms with Crippen LogP contribution in [0.5, 0.6) is 0 Å². The highest BCUT2D eigenvalue weighted by Gasteiger charge is 2.25. The Bertz CT molecular complexity index is 3510. The molecule has 0 aliphatic heterocycles. The van der Waals surface area contributed by atoms with Crippen molar-refractivity contribution >= 4 is 54.1 Å². The molecule has 10 rings (SSSR count). The summed E-state index contributed by atoms with van der Waals surface area (Å²) in [6.45, 7) is 0. The molecule has 1 aromatic heterocycles. The van der Waals surface area contributed by atoms with E-state index < -0.39 is 78.6 Å². The molecule has 0 atom stereocenters. The Morgan fingerprint density at radius 3 is 1.76 bits per heavy atom. The third-order valence-corrected chi connectivity index (χ3v) is 9.20. The van der Waals surface area contributed by atoms with Crippen LogP contribution in [0.15, 0.2) is 186 Å². The fraction of sp³-hybridized carbons (Fsp3) is 0. The lowest BCUT2D eigenvalue weighted by Gasteiger charge is -2.18. The van der Waals surface area contributed by atoms with Crippen LogP contribution in [0.4, 0.5) is 0 Å². The standard InChI is InChI=1S/C48H30O/c1-3-14-31(15-4-1)34-27-29-43-44(30-34)49-48(42-25-13-24-36-35-19-8-7-16-32(35)26-28-37(36)42)47(43)46-40-22-11-9-20-38(40)45(33-17-5-2-6-18-33)39-21-10-12-23-41(39)46/h1-30H/i1D,3D,4D,9D,10D,11D,12D,14D,15D,20D,21D,22D,23D. The SMILES string of the molecule is [2H]c1c([2H])c([2H])c(-c2ccc3c(-c4c5c([2H])c([2H])c([2H])c([2H])c5c(-c5ccccc5)c5c([2H])c([2H])c([2H])c([2H])c45)c(-c4cccc5c4ccc4ccccc45)oc3c2)c([2H])c1[2H]. The largest absolute Gasteiger partial charge is 0.455 e. The molecule has 0 spiro atoms. The van der Waals surface area contributed by atoms with E-state index in [-0.39, 0.29) is 60.7 Å². The van der Waals surface area contributed by atoms with E-state index in [1.165, 1.54) is 0 Å². The molecule has 0 N–H and O–H groups in total. The Morgan fingerprint density at radius 1 is 0.367 bits per heavy atom. The molecule has 0 radical (unpaired) electrons. The summed E-state index contributed by atoms with van der Waals surface area (Å²) in [6, 6.07) is 24.9. The smallest absolute Gasteiger partial charge is 0.143 e. The fourth-order valence-electron chi connectivity index (χ4n) is 7.09. The van der Waals surface area contributed by atoms with Crippen molar-refractivity contribution in [3.63, 3.8) is 0 Å². The lowest BCUT2D eigenvalue weighted by molar-refractivity contribution is 0.633. The minimum Gasteiger partial charge on any atom is -0.455 e. The third-order valence-electron chi connectivity index (χ3n) is 9.20. The number of hydrogen-bond donors (Lipinski definition) is 0. The number of rotatable bonds is 4. The first-order valence-corrected chi connectivity index (χ1v) is 15.8. The maximum Gasteiger partial charge on any atom is 0.143 e. The van der Waals surface area contributed by atoms with Crippen LogP contribution in [0, 0.1) is 0 Å². The molecule has 228 valence electrons. The van der Waals surface area contributed by atoms with Gasteiger partial charge in [0.15, 0.2) is 0 Å². The van der Waals surface area contributed by atoms with E-state index in [2.05, 4.69) is 0 Å². The van der Waals surface area contributed by atoms with Crippen molar-refractivity contribution in [1.29, 1.82) is 0 Å². The molecule has 1 heteroatoms. The highest BCUT2D eigenvalue weighted by atomic mass is 16.3. The second-order valence-electron chi connectivity index (χ2n) is 11.8. The van der Waals surface area contributed by atoms with Crippen molar-refractivity contribution in [3.8, 4) is 44.7 Å². The van der Waals surface area contributed by atoms with E-state index in [9.17, 15) is 5.48 Å². The molecule has 0 aliphatic carbocycles. The Labute approximate surface area is 302 Å². The van der Waals surface area contributed by atoms with Crippen LogP contribution in [0.3, 0.4) is 0 Å². The molecule has 0 fully saturated rings. The van der Waals surface area contributed by atoms with Gasteiger partial charge in [-0.15, -0.1) is 0 Å². The number of hydrogen-bond acceptors (Lipinski definition) is 1. The van der Waals surface area contributed by atoms with Gasteiger partial charge in [-0.25, -0.2) is 0 Å². The molecular formula is C48H30O. The molecule has 9 aromatic carbocycles. The first-order chi connectivity index (χ1) is 29.7. The van der Waals surface area contributed by atoms with Crippen LogP contribution < -0.4 is 0 Å². The number of fused-ring (bicyclic) bond motifs is 6. The van der Waals surface area contributed by atoms with Gasteiger partial charge in [0, 0.05) is 22.1 Å². The lowest BCUT2D eigenvalue weighted by atomic mass is 9.84. The maximum absolute atomic E-state index is 9.57. The van der Waals surface area contributed by atoms with Crippen LogP contribution in [-0.4, -0.2) is 0 Å². The van der Waals surface area contributed by atoms with Gasteiger partial charge in [-0.1, -0.05) is 170 Å². The molecule has 0 unspecified atom stereocenters. The Balaban J connectivity index is 1.47. The van der Waals surface area contributed by atoms with Gasteiger partial charge < -0.3 is 4.42 Å². The summed E-state index contributed by atoms with van der Waals surface area (Å²) < 4.78 is 123. The maximum atomic E-state index is 9.57. The number of furan rings is 1. The van der Waals surface area contributed by atoms with Gasteiger partial charge in [0.2, 0.25) is 0 Å². The van der Waals surface area contributed by atoms with Crippen LogP contribution in [0.25, 0.3) is 98.8 Å². The number of benzene rings is 9. The van der Waals surface area contributed by atoms with E-state index in [0.29, 0.717) is 16.5 Å². The zero-order chi connectivity index (χ0) is 43.6. The molecule has 49 heavy (non-hydrogen) atoms. The van der Waals surface area contributed by atoms with Crippen LogP contribution >= 0.6 is 0 Å². The fourth-order valence-corrected chi connectivity index (χ4v) is 7.09. The zero-order valence-corrected chi connectivity index (χ0v) is 25.7. The van der Waals surface area contributed by atoms with Crippen molar-refractivity contribution in [1.82, 2.24) is 0 Å². The topological polar surface area (TPSA) is 13.1 Å². The average Bonchev–Trinajstić information content (AvgIpc) is 3.67. The summed E-state index contributed by atoms with van der Waals surface area (Å²) in [6.07, 6.45) is 0. The average molecular weight is 636 g/mol. The summed E-state index contributed by atoms with van der Waals surface area (Å²) in [7, 11) is 0. The Kier molecular flexibility index (Phi) is 3.99. The second-order valence-corrected chi connectivity index (χ2v) is 11.8. The molecule has 0 amide bonds. The molecule has 1 nitrogen and oxygen atoms in total. The summed E-state index contributed by atoms with van der Waals surface area (Å²) >= 11 is 0. The highest BCUT2D eigenvalue weighted by molar-refractivity contribution is 6.25.